The van der Waals surface area contributed by atoms with Gasteiger partial charge in [-0.2, -0.15) is 0 Å². The molecule has 194 valence electrons. The van der Waals surface area contributed by atoms with Gasteiger partial charge in [-0.1, -0.05) is 0 Å². The van der Waals surface area contributed by atoms with Crippen LogP contribution >= 0.6 is 0 Å². The van der Waals surface area contributed by atoms with Gasteiger partial charge < -0.3 is 24.8 Å². The highest BCUT2D eigenvalue weighted by Gasteiger charge is 2.16. The Morgan fingerprint density at radius 3 is 2.22 bits per heavy atom. The Bertz CT molecular complexity index is 1200. The van der Waals surface area contributed by atoms with Crippen LogP contribution < -0.4 is 24.8 Å². The van der Waals surface area contributed by atoms with Crippen molar-refractivity contribution in [3.8, 4) is 23.0 Å². The summed E-state index contributed by atoms with van der Waals surface area (Å²) in [6.07, 6.45) is 1.70. The number of amides is 2. The van der Waals surface area contributed by atoms with E-state index >= 15 is 0 Å². The van der Waals surface area contributed by atoms with Crippen LogP contribution in [0, 0.1) is 13.8 Å². The lowest BCUT2D eigenvalue weighted by Gasteiger charge is -2.30. The molecule has 1 heterocycles. The summed E-state index contributed by atoms with van der Waals surface area (Å²) in [6, 6.07) is 9.86. The molecule has 8 nitrogen and oxygen atoms in total. The molecule has 36 heavy (non-hydrogen) atoms. The molecule has 0 fully saturated rings. The van der Waals surface area contributed by atoms with Crippen LogP contribution in [-0.4, -0.2) is 55.3 Å². The number of benzene rings is 2. The predicted octanol–water partition coefficient (Wildman–Crippen LogP) is 5.90. The van der Waals surface area contributed by atoms with Crippen LogP contribution in [0.25, 0.3) is 10.9 Å². The van der Waals surface area contributed by atoms with Crippen LogP contribution in [0.5, 0.6) is 23.0 Å². The number of hydrogen-bond acceptors (Lipinski definition) is 6. The van der Waals surface area contributed by atoms with E-state index in [1.165, 1.54) is 0 Å². The first kappa shape index (κ1) is 27.1. The minimum atomic E-state index is -0.222. The van der Waals surface area contributed by atoms with Gasteiger partial charge in [0.1, 0.15) is 11.5 Å². The van der Waals surface area contributed by atoms with Gasteiger partial charge in [0.2, 0.25) is 0 Å². The Morgan fingerprint density at radius 2 is 1.58 bits per heavy atom. The van der Waals surface area contributed by atoms with Gasteiger partial charge in [0.25, 0.3) is 0 Å². The SMILES string of the molecule is COc1cc2nccc(Oc3ccc(NC(=O)NCCN(C(C)C)C(C)C)c(C)c3C)c2cc1OC. The molecule has 2 aromatic carbocycles. The summed E-state index contributed by atoms with van der Waals surface area (Å²) in [4.78, 5) is 19.3. The number of anilines is 1. The van der Waals surface area contributed by atoms with Crippen molar-refractivity contribution in [3.63, 3.8) is 0 Å². The van der Waals surface area contributed by atoms with Gasteiger partial charge in [0.15, 0.2) is 11.5 Å². The van der Waals surface area contributed by atoms with Crippen LogP contribution in [0.3, 0.4) is 0 Å². The number of urea groups is 1. The highest BCUT2D eigenvalue weighted by molar-refractivity contribution is 5.91. The second-order valence-corrected chi connectivity index (χ2v) is 9.30. The predicted molar refractivity (Wildman–Crippen MR) is 145 cm³/mol. The van der Waals surface area contributed by atoms with Gasteiger partial charge >= 0.3 is 6.03 Å². The fraction of sp³-hybridized carbons (Fsp3) is 0.429. The fourth-order valence-corrected chi connectivity index (χ4v) is 4.27. The van der Waals surface area contributed by atoms with Crippen molar-refractivity contribution in [2.24, 2.45) is 0 Å². The van der Waals surface area contributed by atoms with E-state index in [2.05, 4.69) is 48.2 Å². The number of ether oxygens (including phenoxy) is 3. The lowest BCUT2D eigenvalue weighted by molar-refractivity contribution is 0.176. The zero-order chi connectivity index (χ0) is 26.4. The standard InChI is InChI=1S/C28H38N4O4/c1-17(2)32(18(3)4)14-13-30-28(33)31-22-9-10-24(20(6)19(22)5)36-25-11-12-29-23-16-27(35-8)26(34-7)15-21(23)25/h9-12,15-18H,13-14H2,1-8H3,(H2,30,31,33). The van der Waals surface area contributed by atoms with Crippen molar-refractivity contribution in [3.05, 3.63) is 47.7 Å². The zero-order valence-corrected chi connectivity index (χ0v) is 22.6. The molecule has 0 aliphatic heterocycles. The van der Waals surface area contributed by atoms with Crippen molar-refractivity contribution >= 4 is 22.6 Å². The smallest absolute Gasteiger partial charge is 0.319 e. The molecule has 1 aromatic heterocycles. The third kappa shape index (κ3) is 6.18. The molecule has 0 spiro atoms. The number of aromatic nitrogens is 1. The first-order chi connectivity index (χ1) is 17.2. The summed E-state index contributed by atoms with van der Waals surface area (Å²) in [7, 11) is 3.19. The summed E-state index contributed by atoms with van der Waals surface area (Å²) in [5.74, 6) is 2.56. The van der Waals surface area contributed by atoms with Gasteiger partial charge in [-0.25, -0.2) is 4.79 Å². The second-order valence-electron chi connectivity index (χ2n) is 9.30. The molecular weight excluding hydrogens is 456 g/mol. The maximum atomic E-state index is 12.5. The van der Waals surface area contributed by atoms with E-state index in [0.717, 1.165) is 34.3 Å². The van der Waals surface area contributed by atoms with Gasteiger partial charge in [-0.15, -0.1) is 0 Å². The molecule has 0 aliphatic carbocycles. The summed E-state index contributed by atoms with van der Waals surface area (Å²) < 4.78 is 17.1. The number of nitrogens with zero attached hydrogens (tertiary/aromatic N) is 2. The van der Waals surface area contributed by atoms with Gasteiger partial charge in [0.05, 0.1) is 19.7 Å². The summed E-state index contributed by atoms with van der Waals surface area (Å²) in [5.41, 5.74) is 3.35. The van der Waals surface area contributed by atoms with Crippen LogP contribution in [0.2, 0.25) is 0 Å². The maximum Gasteiger partial charge on any atom is 0.319 e. The second kappa shape index (κ2) is 11.9. The van der Waals surface area contributed by atoms with Gasteiger partial charge in [-0.05, 0) is 76.9 Å². The van der Waals surface area contributed by atoms with E-state index in [1.807, 2.05) is 44.2 Å². The average molecular weight is 495 g/mol. The van der Waals surface area contributed by atoms with E-state index in [9.17, 15) is 4.79 Å². The normalized spacial score (nSPS) is 11.3. The van der Waals surface area contributed by atoms with E-state index in [1.54, 1.807) is 20.4 Å². The van der Waals surface area contributed by atoms with Crippen molar-refractivity contribution in [2.45, 2.75) is 53.6 Å². The molecule has 0 atom stereocenters. The van der Waals surface area contributed by atoms with Crippen molar-refractivity contribution in [1.82, 2.24) is 15.2 Å². The number of hydrogen-bond donors (Lipinski definition) is 2. The van der Waals surface area contributed by atoms with Crippen molar-refractivity contribution < 1.29 is 19.0 Å². The fourth-order valence-electron chi connectivity index (χ4n) is 4.27. The average Bonchev–Trinajstić information content (AvgIpc) is 2.85. The van der Waals surface area contributed by atoms with E-state index in [-0.39, 0.29) is 6.03 Å². The molecule has 0 aliphatic rings. The number of methoxy groups -OCH3 is 2. The molecule has 3 aromatic rings. The first-order valence-corrected chi connectivity index (χ1v) is 12.3. The zero-order valence-electron chi connectivity index (χ0n) is 22.6. The molecule has 8 heteroatoms. The van der Waals surface area contributed by atoms with E-state index in [0.29, 0.717) is 41.6 Å². The number of rotatable bonds is 10. The molecular formula is C28H38N4O4. The van der Waals surface area contributed by atoms with Crippen molar-refractivity contribution in [1.29, 1.82) is 0 Å². The molecule has 0 saturated carbocycles. The lowest BCUT2D eigenvalue weighted by atomic mass is 10.1. The molecule has 2 N–H and O–H groups in total. The first-order valence-electron chi connectivity index (χ1n) is 12.3. The maximum absolute atomic E-state index is 12.5. The molecule has 2 amide bonds. The van der Waals surface area contributed by atoms with E-state index in [4.69, 9.17) is 14.2 Å². The Hall–Kier alpha value is -3.52. The Balaban J connectivity index is 1.74. The van der Waals surface area contributed by atoms with E-state index < -0.39 is 0 Å². The topological polar surface area (TPSA) is 85.0 Å². The molecule has 0 saturated heterocycles. The quantitative estimate of drug-likeness (QED) is 0.365. The summed E-state index contributed by atoms with van der Waals surface area (Å²) >= 11 is 0. The van der Waals surface area contributed by atoms with Gasteiger partial charge in [-0.3, -0.25) is 9.88 Å². The molecule has 0 bridgehead atoms. The summed E-state index contributed by atoms with van der Waals surface area (Å²) in [5, 5.41) is 6.74. The number of carbonyl (C=O) groups is 1. The number of pyridine rings is 1. The van der Waals surface area contributed by atoms with Crippen LogP contribution in [0.4, 0.5) is 10.5 Å². The molecule has 0 radical (unpaired) electrons. The molecule has 3 rings (SSSR count). The van der Waals surface area contributed by atoms with Crippen LogP contribution in [0.1, 0.15) is 38.8 Å². The van der Waals surface area contributed by atoms with Crippen molar-refractivity contribution in [2.75, 3.05) is 32.6 Å². The highest BCUT2D eigenvalue weighted by Crippen LogP contribution is 2.38. The Kier molecular flexibility index (Phi) is 8.98. The minimum absolute atomic E-state index is 0.222. The highest BCUT2D eigenvalue weighted by atomic mass is 16.5. The van der Waals surface area contributed by atoms with Crippen LogP contribution in [0.15, 0.2) is 36.5 Å². The minimum Gasteiger partial charge on any atom is -0.493 e. The monoisotopic (exact) mass is 494 g/mol. The largest absolute Gasteiger partial charge is 0.493 e. The third-order valence-electron chi connectivity index (χ3n) is 6.39. The van der Waals surface area contributed by atoms with Gasteiger partial charge in [0, 0.05) is 48.5 Å². The van der Waals surface area contributed by atoms with Crippen LogP contribution in [-0.2, 0) is 0 Å². The lowest BCUT2D eigenvalue weighted by Crippen LogP contribution is -2.43. The number of carbonyl (C=O) groups excluding carboxylic acids is 1. The Labute approximate surface area is 213 Å². The summed E-state index contributed by atoms with van der Waals surface area (Å²) in [6.45, 7) is 14.0. The third-order valence-corrected chi connectivity index (χ3v) is 6.39. The number of fused-ring (bicyclic) bond motifs is 1. The Morgan fingerprint density at radius 1 is 0.917 bits per heavy atom. The number of nitrogens with one attached hydrogen (secondary N) is 2. The molecule has 0 unspecified atom stereocenters.